The number of hydrogen-bond acceptors (Lipinski definition) is 4. The van der Waals surface area contributed by atoms with Crippen molar-refractivity contribution in [3.05, 3.63) is 24.1 Å². The Balaban J connectivity index is 1.82. The van der Waals surface area contributed by atoms with Crippen molar-refractivity contribution in [2.75, 3.05) is 5.73 Å². The lowest BCUT2D eigenvalue weighted by Gasteiger charge is -2.16. The van der Waals surface area contributed by atoms with Gasteiger partial charge in [-0.2, -0.15) is 0 Å². The monoisotopic (exact) mass is 193 g/mol. The lowest BCUT2D eigenvalue weighted by atomic mass is 10.0. The third-order valence-corrected chi connectivity index (χ3v) is 2.36. The maximum atomic E-state index is 5.37. The summed E-state index contributed by atoms with van der Waals surface area (Å²) in [5.74, 6) is 0.793. The number of nitrogen functional groups attached to an aromatic ring is 1. The van der Waals surface area contributed by atoms with Crippen molar-refractivity contribution in [1.29, 1.82) is 0 Å². The third-order valence-electron chi connectivity index (χ3n) is 2.36. The molecule has 0 aromatic carbocycles. The Morgan fingerprint density at radius 3 is 3.21 bits per heavy atom. The van der Waals surface area contributed by atoms with Crippen LogP contribution in [0.15, 0.2) is 22.8 Å². The second kappa shape index (κ2) is 4.28. The van der Waals surface area contributed by atoms with Crippen LogP contribution >= 0.6 is 0 Å². The summed E-state index contributed by atoms with van der Waals surface area (Å²) < 4.78 is 5.15. The number of allylic oxidation sites excluding steroid dienone is 1. The number of rotatable bonds is 3. The lowest BCUT2D eigenvalue weighted by Crippen LogP contribution is -2.27. The minimum absolute atomic E-state index is 0.237. The molecule has 14 heavy (non-hydrogen) atoms. The molecule has 0 spiro atoms. The highest BCUT2D eigenvalue weighted by molar-refractivity contribution is 5.11. The molecule has 0 fully saturated rings. The van der Waals surface area contributed by atoms with Crippen LogP contribution in [-0.2, 0) is 6.54 Å². The van der Waals surface area contributed by atoms with E-state index in [-0.39, 0.29) is 6.01 Å². The first-order chi connectivity index (χ1) is 6.84. The molecule has 1 unspecified atom stereocenters. The van der Waals surface area contributed by atoms with Gasteiger partial charge in [0.15, 0.2) is 0 Å². The maximum Gasteiger partial charge on any atom is 0.292 e. The molecule has 0 saturated heterocycles. The summed E-state index contributed by atoms with van der Waals surface area (Å²) in [4.78, 5) is 3.83. The first-order valence-corrected chi connectivity index (χ1v) is 4.95. The second-order valence-corrected chi connectivity index (χ2v) is 3.51. The summed E-state index contributed by atoms with van der Waals surface area (Å²) in [5, 5.41) is 3.38. The standard InChI is InChI=1S/C10H15N3O/c11-10-13-7-9(14-10)6-12-8-4-2-1-3-5-8/h2,4,7-8,12H,1,3,5-6H2,(H2,11,13). The SMILES string of the molecule is Nc1ncc(CNC2C=CCCC2)o1. The quantitative estimate of drug-likeness (QED) is 0.713. The minimum atomic E-state index is 0.237. The first kappa shape index (κ1) is 9.27. The predicted octanol–water partition coefficient (Wildman–Crippen LogP) is 1.46. The van der Waals surface area contributed by atoms with E-state index in [2.05, 4.69) is 22.5 Å². The number of aromatic nitrogens is 1. The van der Waals surface area contributed by atoms with Crippen LogP contribution in [0.3, 0.4) is 0 Å². The van der Waals surface area contributed by atoms with Gasteiger partial charge in [0.2, 0.25) is 0 Å². The lowest BCUT2D eigenvalue weighted by molar-refractivity contribution is 0.457. The molecule has 0 saturated carbocycles. The molecule has 1 heterocycles. The van der Waals surface area contributed by atoms with Gasteiger partial charge >= 0.3 is 0 Å². The Labute approximate surface area is 83.2 Å². The predicted molar refractivity (Wildman–Crippen MR) is 54.5 cm³/mol. The molecule has 0 amide bonds. The molecule has 76 valence electrons. The van der Waals surface area contributed by atoms with Crippen LogP contribution in [0, 0.1) is 0 Å². The van der Waals surface area contributed by atoms with E-state index in [4.69, 9.17) is 10.2 Å². The van der Waals surface area contributed by atoms with Gasteiger partial charge in [0.1, 0.15) is 5.76 Å². The zero-order valence-electron chi connectivity index (χ0n) is 8.07. The van der Waals surface area contributed by atoms with E-state index in [0.29, 0.717) is 12.6 Å². The average Bonchev–Trinajstić information content (AvgIpc) is 2.63. The van der Waals surface area contributed by atoms with Crippen LogP contribution < -0.4 is 11.1 Å². The highest BCUT2D eigenvalue weighted by Gasteiger charge is 2.08. The van der Waals surface area contributed by atoms with Crippen LogP contribution in [0.1, 0.15) is 25.0 Å². The number of nitrogens with zero attached hydrogens (tertiary/aromatic N) is 1. The second-order valence-electron chi connectivity index (χ2n) is 3.51. The summed E-state index contributed by atoms with van der Waals surface area (Å²) >= 11 is 0. The number of nitrogens with two attached hydrogens (primary N) is 1. The van der Waals surface area contributed by atoms with Crippen LogP contribution in [0.4, 0.5) is 6.01 Å². The molecule has 1 aromatic heterocycles. The zero-order valence-corrected chi connectivity index (χ0v) is 8.07. The molecule has 0 bridgehead atoms. The molecule has 4 nitrogen and oxygen atoms in total. The van der Waals surface area contributed by atoms with E-state index < -0.39 is 0 Å². The topological polar surface area (TPSA) is 64.1 Å². The number of hydrogen-bond donors (Lipinski definition) is 2. The molecule has 1 atom stereocenters. The van der Waals surface area contributed by atoms with Crippen molar-refractivity contribution in [1.82, 2.24) is 10.3 Å². The van der Waals surface area contributed by atoms with E-state index in [1.54, 1.807) is 6.20 Å². The molecule has 2 rings (SSSR count). The average molecular weight is 193 g/mol. The van der Waals surface area contributed by atoms with Crippen LogP contribution in [-0.4, -0.2) is 11.0 Å². The smallest absolute Gasteiger partial charge is 0.292 e. The Bertz CT molecular complexity index is 319. The summed E-state index contributed by atoms with van der Waals surface area (Å²) in [5.41, 5.74) is 5.37. The van der Waals surface area contributed by atoms with Gasteiger partial charge in [0.25, 0.3) is 6.01 Å². The van der Waals surface area contributed by atoms with Gasteiger partial charge in [-0.25, -0.2) is 4.98 Å². The van der Waals surface area contributed by atoms with Gasteiger partial charge in [0, 0.05) is 6.04 Å². The van der Waals surface area contributed by atoms with Crippen molar-refractivity contribution in [2.24, 2.45) is 0 Å². The fourth-order valence-electron chi connectivity index (χ4n) is 1.62. The zero-order chi connectivity index (χ0) is 9.80. The third kappa shape index (κ3) is 2.35. The minimum Gasteiger partial charge on any atom is -0.428 e. The largest absolute Gasteiger partial charge is 0.428 e. The van der Waals surface area contributed by atoms with Gasteiger partial charge in [-0.1, -0.05) is 12.2 Å². The van der Waals surface area contributed by atoms with E-state index in [1.807, 2.05) is 0 Å². The van der Waals surface area contributed by atoms with Crippen molar-refractivity contribution < 1.29 is 4.42 Å². The van der Waals surface area contributed by atoms with E-state index in [1.165, 1.54) is 19.3 Å². The van der Waals surface area contributed by atoms with E-state index >= 15 is 0 Å². The molecule has 1 aromatic rings. The van der Waals surface area contributed by atoms with Crippen molar-refractivity contribution >= 4 is 6.01 Å². The highest BCUT2D eigenvalue weighted by Crippen LogP contribution is 2.11. The summed E-state index contributed by atoms with van der Waals surface area (Å²) in [6.45, 7) is 0.694. The summed E-state index contributed by atoms with van der Waals surface area (Å²) in [7, 11) is 0. The molecule has 1 aliphatic carbocycles. The fourth-order valence-corrected chi connectivity index (χ4v) is 1.62. The Hall–Kier alpha value is -1.29. The van der Waals surface area contributed by atoms with E-state index in [9.17, 15) is 0 Å². The van der Waals surface area contributed by atoms with Gasteiger partial charge in [0.05, 0.1) is 12.7 Å². The Morgan fingerprint density at radius 2 is 2.57 bits per heavy atom. The molecular weight excluding hydrogens is 178 g/mol. The Morgan fingerprint density at radius 1 is 1.64 bits per heavy atom. The normalized spacial score (nSPS) is 21.3. The number of nitrogens with one attached hydrogen (secondary N) is 1. The summed E-state index contributed by atoms with van der Waals surface area (Å²) in [6.07, 6.45) is 9.74. The maximum absolute atomic E-state index is 5.37. The Kier molecular flexibility index (Phi) is 2.84. The van der Waals surface area contributed by atoms with E-state index in [0.717, 1.165) is 5.76 Å². The van der Waals surface area contributed by atoms with Gasteiger partial charge in [-0.05, 0) is 19.3 Å². The molecule has 4 heteroatoms. The van der Waals surface area contributed by atoms with Crippen molar-refractivity contribution in [3.8, 4) is 0 Å². The fraction of sp³-hybridized carbons (Fsp3) is 0.500. The van der Waals surface area contributed by atoms with Crippen molar-refractivity contribution in [3.63, 3.8) is 0 Å². The van der Waals surface area contributed by atoms with Crippen LogP contribution in [0.2, 0.25) is 0 Å². The molecule has 0 radical (unpaired) electrons. The highest BCUT2D eigenvalue weighted by atomic mass is 16.4. The number of oxazole rings is 1. The molecule has 0 aliphatic heterocycles. The molecule has 3 N–H and O–H groups in total. The molecular formula is C10H15N3O. The summed E-state index contributed by atoms with van der Waals surface area (Å²) in [6, 6.07) is 0.705. The van der Waals surface area contributed by atoms with Gasteiger partial charge in [-0.3, -0.25) is 0 Å². The van der Waals surface area contributed by atoms with Gasteiger partial charge < -0.3 is 15.5 Å². The first-order valence-electron chi connectivity index (χ1n) is 4.95. The number of anilines is 1. The van der Waals surface area contributed by atoms with Crippen LogP contribution in [0.5, 0.6) is 0 Å². The van der Waals surface area contributed by atoms with Crippen molar-refractivity contribution in [2.45, 2.75) is 31.8 Å². The van der Waals surface area contributed by atoms with Crippen LogP contribution in [0.25, 0.3) is 0 Å². The van der Waals surface area contributed by atoms with Gasteiger partial charge in [-0.15, -0.1) is 0 Å². The molecule has 1 aliphatic rings.